The minimum absolute atomic E-state index is 0.280. The molecule has 0 aromatic carbocycles. The van der Waals surface area contributed by atoms with Crippen molar-refractivity contribution in [2.45, 2.75) is 39.0 Å². The third kappa shape index (κ3) is 3.11. The smallest absolute Gasteiger partial charge is 0.0521 e. The van der Waals surface area contributed by atoms with Gasteiger partial charge >= 0.3 is 0 Å². The summed E-state index contributed by atoms with van der Waals surface area (Å²) in [7, 11) is -1.19. The quantitative estimate of drug-likeness (QED) is 0.529. The van der Waals surface area contributed by atoms with E-state index in [0.717, 1.165) is 0 Å². The Kier molecular flexibility index (Phi) is 4.21. The Bertz CT molecular complexity index is 158. The first kappa shape index (κ1) is 11.9. The fourth-order valence-corrected chi connectivity index (χ4v) is 5.47. The van der Waals surface area contributed by atoms with Crippen LogP contribution in [0.4, 0.5) is 0 Å². The minimum Gasteiger partial charge on any atom is -0.396 e. The number of aliphatic hydroxyl groups is 1. The Morgan fingerprint density at radius 1 is 1.42 bits per heavy atom. The van der Waals surface area contributed by atoms with Crippen LogP contribution in [0.2, 0.25) is 25.2 Å². The van der Waals surface area contributed by atoms with Crippen LogP contribution in [-0.4, -0.2) is 19.8 Å². The molecule has 0 aromatic rings. The highest BCUT2D eigenvalue weighted by molar-refractivity contribution is 6.78. The van der Waals surface area contributed by atoms with Crippen molar-refractivity contribution in [2.75, 3.05) is 6.61 Å². The van der Waals surface area contributed by atoms with E-state index in [9.17, 15) is 0 Å². The fourth-order valence-electron chi connectivity index (χ4n) is 2.18. The summed E-state index contributed by atoms with van der Waals surface area (Å²) < 4.78 is 0. The fraction of sp³-hybridized carbons (Fsp3) is 0.800. The number of rotatable bonds is 4. The summed E-state index contributed by atoms with van der Waals surface area (Å²) in [5.74, 6) is 0.370. The molecule has 1 N–H and O–H groups in total. The number of allylic oxidation sites excluding steroid dienone is 1. The van der Waals surface area contributed by atoms with Gasteiger partial charge in [-0.25, -0.2) is 0 Å². The molecule has 72 valence electrons. The van der Waals surface area contributed by atoms with Crippen LogP contribution in [-0.2, 0) is 0 Å². The molecule has 2 heteroatoms. The first-order valence-electron chi connectivity index (χ1n) is 4.57. The van der Waals surface area contributed by atoms with E-state index >= 15 is 0 Å². The molecular weight excluding hydrogens is 164 g/mol. The van der Waals surface area contributed by atoms with Gasteiger partial charge in [0.25, 0.3) is 0 Å². The topological polar surface area (TPSA) is 20.2 Å². The van der Waals surface area contributed by atoms with E-state index in [-0.39, 0.29) is 6.61 Å². The normalized spacial score (nSPS) is 17.2. The van der Waals surface area contributed by atoms with Crippen molar-refractivity contribution in [3.8, 4) is 0 Å². The Labute approximate surface area is 77.5 Å². The lowest BCUT2D eigenvalue weighted by atomic mass is 10.0. The van der Waals surface area contributed by atoms with Gasteiger partial charge in [-0.1, -0.05) is 32.1 Å². The summed E-state index contributed by atoms with van der Waals surface area (Å²) in [5, 5.41) is 9.10. The molecule has 0 rings (SSSR count). The molecule has 0 fully saturated rings. The van der Waals surface area contributed by atoms with Crippen molar-refractivity contribution in [3.63, 3.8) is 0 Å². The molecule has 0 saturated heterocycles. The van der Waals surface area contributed by atoms with E-state index in [4.69, 9.17) is 5.11 Å². The van der Waals surface area contributed by atoms with Crippen LogP contribution < -0.4 is 0 Å². The van der Waals surface area contributed by atoms with Gasteiger partial charge in [0.05, 0.1) is 8.07 Å². The van der Waals surface area contributed by atoms with E-state index in [1.54, 1.807) is 0 Å². The summed E-state index contributed by atoms with van der Waals surface area (Å²) in [6, 6.07) is 0. The lowest BCUT2D eigenvalue weighted by Crippen LogP contribution is -2.34. The van der Waals surface area contributed by atoms with Crippen LogP contribution in [0.3, 0.4) is 0 Å². The lowest BCUT2D eigenvalue weighted by Gasteiger charge is -2.33. The van der Waals surface area contributed by atoms with E-state index in [0.29, 0.717) is 11.5 Å². The molecule has 0 aliphatic heterocycles. The van der Waals surface area contributed by atoms with Gasteiger partial charge in [-0.3, -0.25) is 0 Å². The summed E-state index contributed by atoms with van der Waals surface area (Å²) in [6.45, 7) is 15.5. The average molecular weight is 186 g/mol. The zero-order valence-corrected chi connectivity index (χ0v) is 10.0. The van der Waals surface area contributed by atoms with Crippen LogP contribution in [0.5, 0.6) is 0 Å². The van der Waals surface area contributed by atoms with Gasteiger partial charge in [0, 0.05) is 6.61 Å². The maximum absolute atomic E-state index is 9.10. The maximum atomic E-state index is 9.10. The number of hydrogen-bond donors (Lipinski definition) is 1. The zero-order valence-electron chi connectivity index (χ0n) is 9.02. The molecule has 0 aromatic heterocycles. The maximum Gasteiger partial charge on any atom is 0.0521 e. The second kappa shape index (κ2) is 4.24. The number of aliphatic hydroxyl groups excluding tert-OH is 1. The summed E-state index contributed by atoms with van der Waals surface area (Å²) in [5.41, 5.74) is 1.78. The molecule has 0 unspecified atom stereocenters. The van der Waals surface area contributed by atoms with E-state index in [1.165, 1.54) is 5.57 Å². The third-order valence-electron chi connectivity index (χ3n) is 2.32. The summed E-state index contributed by atoms with van der Waals surface area (Å²) >= 11 is 0. The van der Waals surface area contributed by atoms with Crippen LogP contribution in [0.15, 0.2) is 12.2 Å². The highest BCUT2D eigenvalue weighted by Crippen LogP contribution is 2.35. The van der Waals surface area contributed by atoms with Gasteiger partial charge < -0.3 is 5.11 Å². The van der Waals surface area contributed by atoms with Crippen molar-refractivity contribution in [1.82, 2.24) is 0 Å². The van der Waals surface area contributed by atoms with Crippen LogP contribution in [0.25, 0.3) is 0 Å². The SMILES string of the molecule is C=C(C)[C@@H]([C@H](C)CO)[Si](C)(C)C. The molecule has 0 aliphatic carbocycles. The van der Waals surface area contributed by atoms with Crippen molar-refractivity contribution in [3.05, 3.63) is 12.2 Å². The summed E-state index contributed by atoms with van der Waals surface area (Å²) in [6.07, 6.45) is 0. The molecule has 0 saturated carbocycles. The molecule has 2 atom stereocenters. The summed E-state index contributed by atoms with van der Waals surface area (Å²) in [4.78, 5) is 0. The zero-order chi connectivity index (χ0) is 9.94. The van der Waals surface area contributed by atoms with Crippen LogP contribution >= 0.6 is 0 Å². The van der Waals surface area contributed by atoms with Gasteiger partial charge in [-0.2, -0.15) is 0 Å². The highest BCUT2D eigenvalue weighted by atomic mass is 28.3. The minimum atomic E-state index is -1.19. The molecular formula is C10H22OSi. The Morgan fingerprint density at radius 3 is 1.92 bits per heavy atom. The monoisotopic (exact) mass is 186 g/mol. The Balaban J connectivity index is 4.56. The van der Waals surface area contributed by atoms with Crippen molar-refractivity contribution >= 4 is 8.07 Å². The van der Waals surface area contributed by atoms with Crippen LogP contribution in [0.1, 0.15) is 13.8 Å². The van der Waals surface area contributed by atoms with Crippen molar-refractivity contribution < 1.29 is 5.11 Å². The molecule has 0 aliphatic rings. The molecule has 0 spiro atoms. The van der Waals surface area contributed by atoms with E-state index < -0.39 is 8.07 Å². The van der Waals surface area contributed by atoms with Gasteiger partial charge in [-0.05, 0) is 18.4 Å². The van der Waals surface area contributed by atoms with Crippen LogP contribution in [0, 0.1) is 5.92 Å². The molecule has 0 radical (unpaired) electrons. The van der Waals surface area contributed by atoms with E-state index in [1.807, 2.05) is 0 Å². The second-order valence-corrected chi connectivity index (χ2v) is 10.2. The van der Waals surface area contributed by atoms with E-state index in [2.05, 4.69) is 40.1 Å². The number of hydrogen-bond acceptors (Lipinski definition) is 1. The Hall–Kier alpha value is -0.0831. The predicted molar refractivity (Wildman–Crippen MR) is 58.2 cm³/mol. The highest BCUT2D eigenvalue weighted by Gasteiger charge is 2.31. The molecule has 0 heterocycles. The average Bonchev–Trinajstić information content (AvgIpc) is 1.83. The Morgan fingerprint density at radius 2 is 1.83 bits per heavy atom. The first-order valence-corrected chi connectivity index (χ1v) is 8.14. The van der Waals surface area contributed by atoms with Gasteiger partial charge in [0.2, 0.25) is 0 Å². The molecule has 12 heavy (non-hydrogen) atoms. The lowest BCUT2D eigenvalue weighted by molar-refractivity contribution is 0.235. The van der Waals surface area contributed by atoms with Gasteiger partial charge in [0.1, 0.15) is 0 Å². The largest absolute Gasteiger partial charge is 0.396 e. The van der Waals surface area contributed by atoms with Gasteiger partial charge in [-0.15, -0.1) is 6.58 Å². The standard InChI is InChI=1S/C10H22OSi/c1-8(2)10(9(3)7-11)12(4,5)6/h9-11H,1,7H2,2-6H3/t9-,10+/m1/s1. The van der Waals surface area contributed by atoms with Gasteiger partial charge in [0.15, 0.2) is 0 Å². The molecule has 0 bridgehead atoms. The molecule has 1 nitrogen and oxygen atoms in total. The molecule has 0 amide bonds. The predicted octanol–water partition coefficient (Wildman–Crippen LogP) is 2.90. The second-order valence-electron chi connectivity index (χ2n) is 4.85. The third-order valence-corrected chi connectivity index (χ3v) is 5.25. The van der Waals surface area contributed by atoms with Crippen molar-refractivity contribution in [2.24, 2.45) is 5.92 Å². The van der Waals surface area contributed by atoms with Crippen molar-refractivity contribution in [1.29, 1.82) is 0 Å². The first-order chi connectivity index (χ1) is 5.30.